The van der Waals surface area contributed by atoms with E-state index in [4.69, 9.17) is 10.2 Å². The van der Waals surface area contributed by atoms with Gasteiger partial charge in [0.15, 0.2) is 0 Å². The van der Waals surface area contributed by atoms with Crippen molar-refractivity contribution in [2.75, 3.05) is 0 Å². The van der Waals surface area contributed by atoms with Crippen molar-refractivity contribution in [3.63, 3.8) is 0 Å². The number of hydrogen-bond acceptors (Lipinski definition) is 2. The summed E-state index contributed by atoms with van der Waals surface area (Å²) in [5.74, 6) is -2.31. The molecule has 0 saturated heterocycles. The van der Waals surface area contributed by atoms with Crippen molar-refractivity contribution in [3.05, 3.63) is 11.6 Å². The molecule has 0 aliphatic rings. The second kappa shape index (κ2) is 16.1. The molecule has 0 spiro atoms. The minimum absolute atomic E-state index is 0. The number of unbranched alkanes of at least 4 members (excludes halogenated alkanes) is 9. The molecule has 21 heavy (non-hydrogen) atoms. The molecule has 0 unspecified atom stereocenters. The van der Waals surface area contributed by atoms with Crippen LogP contribution in [0.3, 0.4) is 0 Å². The molecule has 0 rings (SSSR count). The average molecular weight is 308 g/mol. The van der Waals surface area contributed by atoms with Crippen molar-refractivity contribution in [1.82, 2.24) is 0 Å². The van der Waals surface area contributed by atoms with Crippen LogP contribution in [0.5, 0.6) is 0 Å². The molecular weight excluding hydrogens is 279 g/mol. The summed E-state index contributed by atoms with van der Waals surface area (Å²) in [6, 6.07) is 0. The first-order chi connectivity index (χ1) is 9.57. The molecule has 0 aliphatic heterocycles. The van der Waals surface area contributed by atoms with Crippen LogP contribution >= 0.6 is 0 Å². The van der Waals surface area contributed by atoms with E-state index in [1.807, 2.05) is 0 Å². The van der Waals surface area contributed by atoms with E-state index in [0.717, 1.165) is 25.3 Å². The van der Waals surface area contributed by atoms with E-state index in [-0.39, 0.29) is 35.1 Å². The zero-order valence-corrected chi connectivity index (χ0v) is 12.6. The molecule has 0 saturated carbocycles. The Morgan fingerprint density at radius 2 is 1.24 bits per heavy atom. The van der Waals surface area contributed by atoms with Crippen molar-refractivity contribution in [2.45, 2.75) is 77.6 Å². The van der Waals surface area contributed by atoms with Gasteiger partial charge in [-0.2, -0.15) is 0 Å². The number of carbonyl (C=O) groups is 2. The Morgan fingerprint density at radius 1 is 0.810 bits per heavy atom. The van der Waals surface area contributed by atoms with Crippen LogP contribution in [0.25, 0.3) is 0 Å². The van der Waals surface area contributed by atoms with Crippen LogP contribution in [-0.2, 0) is 9.59 Å². The van der Waals surface area contributed by atoms with Gasteiger partial charge in [-0.3, -0.25) is 0 Å². The molecule has 118 valence electrons. The van der Waals surface area contributed by atoms with E-state index in [1.54, 1.807) is 0 Å². The molecule has 2 N–H and O–H groups in total. The summed E-state index contributed by atoms with van der Waals surface area (Å²) in [6.07, 6.45) is 13.0. The molecule has 5 heteroatoms. The first-order valence-electron chi connectivity index (χ1n) is 7.74. The Kier molecular flexibility index (Phi) is 17.6. The van der Waals surface area contributed by atoms with Gasteiger partial charge in [0.2, 0.25) is 0 Å². The van der Waals surface area contributed by atoms with Crippen LogP contribution in [0.1, 0.15) is 77.6 Å². The predicted octanol–water partition coefficient (Wildman–Crippen LogP) is 3.74. The zero-order chi connectivity index (χ0) is 15.2. The number of rotatable bonds is 13. The molecule has 0 atom stereocenters. The first kappa shape index (κ1) is 23.0. The average Bonchev–Trinajstić information content (AvgIpc) is 2.39. The number of carboxylic acid groups (broad SMARTS) is 2. The molecule has 0 amide bonds. The Balaban J connectivity index is 0. The maximum atomic E-state index is 10.8. The molecule has 4 nitrogen and oxygen atoms in total. The first-order valence-corrected chi connectivity index (χ1v) is 7.74. The summed E-state index contributed by atoms with van der Waals surface area (Å²) in [4.78, 5) is 21.3. The van der Waals surface area contributed by atoms with Gasteiger partial charge in [0, 0.05) is 11.6 Å². The molecule has 0 heterocycles. The van der Waals surface area contributed by atoms with E-state index >= 15 is 0 Å². The normalized spacial score (nSPS) is 11.0. The van der Waals surface area contributed by atoms with Crippen molar-refractivity contribution >= 4 is 41.5 Å². The fourth-order valence-corrected chi connectivity index (χ4v) is 2.19. The summed E-state index contributed by atoms with van der Waals surface area (Å²) in [5, 5.41) is 17.4. The molecule has 0 aliphatic carbocycles. The van der Waals surface area contributed by atoms with Gasteiger partial charge in [0.05, 0.1) is 0 Å². The Labute approximate surface area is 150 Å². The molecule has 0 aromatic rings. The van der Waals surface area contributed by atoms with E-state index in [2.05, 4.69) is 6.92 Å². The van der Waals surface area contributed by atoms with E-state index in [9.17, 15) is 9.59 Å². The van der Waals surface area contributed by atoms with Crippen LogP contribution in [0, 0.1) is 0 Å². The second-order valence-corrected chi connectivity index (χ2v) is 5.24. The van der Waals surface area contributed by atoms with Gasteiger partial charge in [-0.1, -0.05) is 64.7 Å². The summed E-state index contributed by atoms with van der Waals surface area (Å²) in [7, 11) is 0. The predicted molar refractivity (Wildman–Crippen MR) is 87.0 cm³/mol. The quantitative estimate of drug-likeness (QED) is 0.309. The topological polar surface area (TPSA) is 74.6 Å². The fraction of sp³-hybridized carbons (Fsp3) is 0.750. The van der Waals surface area contributed by atoms with E-state index in [0.29, 0.717) is 6.42 Å². The van der Waals surface area contributed by atoms with Crippen LogP contribution in [-0.4, -0.2) is 51.7 Å². The van der Waals surface area contributed by atoms with Gasteiger partial charge in [-0.15, -0.1) is 0 Å². The van der Waals surface area contributed by atoms with E-state index in [1.165, 1.54) is 44.9 Å². The zero-order valence-electron chi connectivity index (χ0n) is 12.6. The summed E-state index contributed by atoms with van der Waals surface area (Å²) >= 11 is 0. The molecule has 0 aromatic heterocycles. The summed E-state index contributed by atoms with van der Waals surface area (Å²) in [6.45, 7) is 2.21. The number of aliphatic carboxylic acids is 2. The van der Waals surface area contributed by atoms with E-state index < -0.39 is 11.9 Å². The van der Waals surface area contributed by atoms with Gasteiger partial charge >= 0.3 is 41.5 Å². The molecule has 0 aromatic carbocycles. The van der Waals surface area contributed by atoms with Crippen LogP contribution in [0.2, 0.25) is 0 Å². The van der Waals surface area contributed by atoms with Crippen LogP contribution < -0.4 is 0 Å². The molecule has 0 bridgehead atoms. The van der Waals surface area contributed by atoms with Crippen molar-refractivity contribution in [1.29, 1.82) is 0 Å². The molecule has 0 fully saturated rings. The minimum atomic E-state index is -1.19. The number of hydrogen-bond donors (Lipinski definition) is 2. The summed E-state index contributed by atoms with van der Waals surface area (Å²) < 4.78 is 0. The Hall–Kier alpha value is -0.320. The maximum absolute atomic E-state index is 10.8. The molecule has 0 radical (unpaired) electrons. The van der Waals surface area contributed by atoms with Crippen LogP contribution in [0.4, 0.5) is 0 Å². The third-order valence-corrected chi connectivity index (χ3v) is 3.37. The fourth-order valence-electron chi connectivity index (χ4n) is 2.19. The van der Waals surface area contributed by atoms with Crippen molar-refractivity contribution < 1.29 is 19.8 Å². The van der Waals surface area contributed by atoms with Gasteiger partial charge in [0.1, 0.15) is 0 Å². The Bertz CT molecular complexity index is 313. The van der Waals surface area contributed by atoms with Gasteiger partial charge in [-0.25, -0.2) is 9.59 Å². The monoisotopic (exact) mass is 308 g/mol. The number of carboxylic acids is 2. The molecular formula is C16H29NaO4. The summed E-state index contributed by atoms with van der Waals surface area (Å²) in [5.41, 5.74) is -0.00272. The van der Waals surface area contributed by atoms with Gasteiger partial charge in [0.25, 0.3) is 0 Å². The van der Waals surface area contributed by atoms with Gasteiger partial charge in [-0.05, 0) is 12.8 Å². The van der Waals surface area contributed by atoms with Crippen molar-refractivity contribution in [3.8, 4) is 0 Å². The van der Waals surface area contributed by atoms with Crippen molar-refractivity contribution in [2.24, 2.45) is 0 Å². The third kappa shape index (κ3) is 15.9. The SMILES string of the molecule is CCCCCCCCCCCC/C(=C/C(=O)O)C(=O)O.[NaH]. The third-order valence-electron chi connectivity index (χ3n) is 3.37. The second-order valence-electron chi connectivity index (χ2n) is 5.24. The Morgan fingerprint density at radius 3 is 1.62 bits per heavy atom. The standard InChI is InChI=1S/C16H28O4.Na.H/c1-2-3-4-5-6-7-8-9-10-11-12-14(16(19)20)13-15(17)18;;/h13H,2-12H2,1H3,(H,17,18)(H,19,20);;/b14-13-;;. The van der Waals surface area contributed by atoms with Gasteiger partial charge < -0.3 is 10.2 Å². The van der Waals surface area contributed by atoms with Crippen LogP contribution in [0.15, 0.2) is 11.6 Å².